The highest BCUT2D eigenvalue weighted by Crippen LogP contribution is 2.49. The SMILES string of the molecule is Cc1ccc(N2C(=S)N(c3ccc(C#N)c(C(F)(F)F)c3)C(=NCSC=O)C23CCC3)cc1. The van der Waals surface area contributed by atoms with Crippen LogP contribution in [0.1, 0.15) is 36.0 Å². The Morgan fingerprint density at radius 1 is 1.21 bits per heavy atom. The number of halogens is 3. The molecule has 170 valence electrons. The second-order valence-electron chi connectivity index (χ2n) is 7.89. The molecule has 1 spiro atoms. The monoisotopic (exact) mass is 488 g/mol. The summed E-state index contributed by atoms with van der Waals surface area (Å²) < 4.78 is 41.0. The Hall–Kier alpha value is -2.90. The van der Waals surface area contributed by atoms with Gasteiger partial charge in [0.2, 0.25) is 0 Å². The quantitative estimate of drug-likeness (QED) is 0.306. The molecule has 0 atom stereocenters. The third kappa shape index (κ3) is 4.00. The molecule has 4 rings (SSSR count). The highest BCUT2D eigenvalue weighted by Gasteiger charge is 2.57. The summed E-state index contributed by atoms with van der Waals surface area (Å²) in [5.41, 5.74) is 0.679. The Kier molecular flexibility index (Phi) is 6.20. The molecule has 2 aromatic carbocycles. The van der Waals surface area contributed by atoms with Gasteiger partial charge in [0.05, 0.1) is 28.8 Å². The Morgan fingerprint density at radius 3 is 2.42 bits per heavy atom. The number of nitriles is 1. The molecule has 0 radical (unpaired) electrons. The number of hydrogen-bond acceptors (Lipinski definition) is 5. The number of thiocarbonyl (C=S) groups is 1. The first-order valence-electron chi connectivity index (χ1n) is 10.2. The Balaban J connectivity index is 1.88. The van der Waals surface area contributed by atoms with Crippen molar-refractivity contribution < 1.29 is 18.0 Å². The maximum absolute atomic E-state index is 13.7. The fourth-order valence-corrected chi connectivity index (χ4v) is 5.00. The Morgan fingerprint density at radius 2 is 1.88 bits per heavy atom. The van der Waals surface area contributed by atoms with E-state index in [2.05, 4.69) is 4.99 Å². The molecule has 10 heteroatoms. The minimum Gasteiger partial charge on any atom is -0.305 e. The van der Waals surface area contributed by atoms with Crippen LogP contribution in [0.5, 0.6) is 0 Å². The number of anilines is 2. The van der Waals surface area contributed by atoms with Crippen LogP contribution in [0.2, 0.25) is 0 Å². The zero-order valence-electron chi connectivity index (χ0n) is 17.6. The second kappa shape index (κ2) is 8.80. The van der Waals surface area contributed by atoms with E-state index in [9.17, 15) is 23.2 Å². The molecular weight excluding hydrogens is 469 g/mol. The summed E-state index contributed by atoms with van der Waals surface area (Å²) >= 11 is 6.77. The third-order valence-corrected chi connectivity index (χ3v) is 6.74. The molecule has 33 heavy (non-hydrogen) atoms. The molecule has 0 aromatic heterocycles. The lowest BCUT2D eigenvalue weighted by Crippen LogP contribution is -2.55. The zero-order valence-corrected chi connectivity index (χ0v) is 19.2. The molecule has 0 unspecified atom stereocenters. The van der Waals surface area contributed by atoms with Gasteiger partial charge in [-0.25, -0.2) is 0 Å². The summed E-state index contributed by atoms with van der Waals surface area (Å²) in [6.45, 7) is 1.97. The maximum Gasteiger partial charge on any atom is 0.417 e. The molecule has 1 heterocycles. The number of alkyl halides is 3. The fraction of sp³-hybridized carbons (Fsp3) is 0.304. The van der Waals surface area contributed by atoms with Gasteiger partial charge in [0, 0.05) is 5.69 Å². The van der Waals surface area contributed by atoms with Gasteiger partial charge in [-0.2, -0.15) is 18.4 Å². The number of amidine groups is 1. The Bertz CT molecular complexity index is 1170. The second-order valence-corrected chi connectivity index (χ2v) is 9.04. The number of nitrogens with zero attached hydrogens (tertiary/aromatic N) is 4. The highest BCUT2D eigenvalue weighted by atomic mass is 32.2. The van der Waals surface area contributed by atoms with Gasteiger partial charge in [-0.15, -0.1) is 0 Å². The van der Waals surface area contributed by atoms with E-state index in [1.165, 1.54) is 6.07 Å². The van der Waals surface area contributed by atoms with Crippen LogP contribution in [0.4, 0.5) is 24.5 Å². The number of carbonyl (C=O) groups is 1. The summed E-state index contributed by atoms with van der Waals surface area (Å²) in [5.74, 6) is 0.649. The van der Waals surface area contributed by atoms with Gasteiger partial charge in [-0.05, 0) is 68.7 Å². The smallest absolute Gasteiger partial charge is 0.305 e. The highest BCUT2D eigenvalue weighted by molar-refractivity contribution is 8.11. The van der Waals surface area contributed by atoms with Crippen molar-refractivity contribution in [1.29, 1.82) is 5.26 Å². The minimum absolute atomic E-state index is 0.129. The van der Waals surface area contributed by atoms with E-state index in [0.717, 1.165) is 54.4 Å². The molecule has 0 amide bonds. The summed E-state index contributed by atoms with van der Waals surface area (Å²) in [5, 5.41) is 9.48. The van der Waals surface area contributed by atoms with Crippen molar-refractivity contribution in [2.24, 2.45) is 4.99 Å². The number of rotatable bonds is 5. The normalized spacial score (nSPS) is 18.5. The molecular formula is C23H19F3N4OS2. The van der Waals surface area contributed by atoms with E-state index in [4.69, 9.17) is 12.2 Å². The first-order valence-corrected chi connectivity index (χ1v) is 11.6. The van der Waals surface area contributed by atoms with Crippen molar-refractivity contribution in [3.05, 3.63) is 59.2 Å². The molecule has 1 saturated carbocycles. The van der Waals surface area contributed by atoms with Crippen molar-refractivity contribution >= 4 is 51.9 Å². The van der Waals surface area contributed by atoms with Crippen LogP contribution in [-0.4, -0.2) is 28.0 Å². The number of aryl methyl sites for hydroxylation is 1. The van der Waals surface area contributed by atoms with E-state index in [1.807, 2.05) is 36.1 Å². The Labute approximate surface area is 198 Å². The van der Waals surface area contributed by atoms with Crippen LogP contribution in [0.3, 0.4) is 0 Å². The summed E-state index contributed by atoms with van der Waals surface area (Å²) in [6, 6.07) is 12.9. The van der Waals surface area contributed by atoms with Crippen LogP contribution in [0.15, 0.2) is 47.5 Å². The van der Waals surface area contributed by atoms with Gasteiger partial charge >= 0.3 is 6.18 Å². The molecule has 5 nitrogen and oxygen atoms in total. The molecule has 1 saturated heterocycles. The van der Waals surface area contributed by atoms with E-state index >= 15 is 0 Å². The first kappa shape index (κ1) is 23.3. The molecule has 2 aliphatic rings. The van der Waals surface area contributed by atoms with Gasteiger partial charge in [-0.1, -0.05) is 29.5 Å². The van der Waals surface area contributed by atoms with Gasteiger partial charge in [0.1, 0.15) is 11.4 Å². The first-order chi connectivity index (χ1) is 15.7. The van der Waals surface area contributed by atoms with Crippen LogP contribution >= 0.6 is 24.0 Å². The number of hydrogen-bond donors (Lipinski definition) is 0. The van der Waals surface area contributed by atoms with Crippen molar-refractivity contribution in [2.45, 2.75) is 37.9 Å². The maximum atomic E-state index is 13.7. The van der Waals surface area contributed by atoms with Gasteiger partial charge in [0.15, 0.2) is 10.7 Å². The van der Waals surface area contributed by atoms with Crippen molar-refractivity contribution in [1.82, 2.24) is 0 Å². The van der Waals surface area contributed by atoms with Crippen LogP contribution in [0.25, 0.3) is 0 Å². The standard InChI is InChI=1S/C23H19F3N4OS2/c1-15-3-6-17(7-4-15)30-21(32)29(20(28-13-33-14-31)22(30)9-2-10-22)18-8-5-16(12-27)19(11-18)23(24,25)26/h3-8,11,14H,2,9-10,13H2,1H3. The number of aliphatic imine (C=N–C) groups is 1. The van der Waals surface area contributed by atoms with E-state index < -0.39 is 22.8 Å². The molecule has 2 aromatic rings. The number of carbonyl (C=O) groups excluding carboxylic acids is 1. The van der Waals surface area contributed by atoms with Crippen molar-refractivity contribution in [3.8, 4) is 6.07 Å². The minimum atomic E-state index is -4.70. The number of thioether (sulfide) groups is 1. The summed E-state index contributed by atoms with van der Waals surface area (Å²) in [4.78, 5) is 19.0. The van der Waals surface area contributed by atoms with Crippen LogP contribution in [-0.2, 0) is 11.0 Å². The van der Waals surface area contributed by atoms with Crippen LogP contribution in [0, 0.1) is 18.3 Å². The predicted octanol–water partition coefficient (Wildman–Crippen LogP) is 5.70. The van der Waals surface area contributed by atoms with Crippen molar-refractivity contribution in [2.75, 3.05) is 15.7 Å². The molecule has 1 aliphatic carbocycles. The zero-order chi connectivity index (χ0) is 23.8. The molecule has 2 fully saturated rings. The molecule has 0 N–H and O–H groups in total. The lowest BCUT2D eigenvalue weighted by atomic mass is 9.74. The topological polar surface area (TPSA) is 59.7 Å². The molecule has 0 bridgehead atoms. The summed E-state index contributed by atoms with van der Waals surface area (Å²) in [7, 11) is 0. The average molecular weight is 489 g/mol. The van der Waals surface area contributed by atoms with Crippen molar-refractivity contribution in [3.63, 3.8) is 0 Å². The van der Waals surface area contributed by atoms with E-state index in [1.54, 1.807) is 11.0 Å². The lowest BCUT2D eigenvalue weighted by Gasteiger charge is -2.44. The third-order valence-electron chi connectivity index (χ3n) is 5.96. The van der Waals surface area contributed by atoms with E-state index in [-0.39, 0.29) is 11.6 Å². The molecule has 1 aliphatic heterocycles. The van der Waals surface area contributed by atoms with Gasteiger partial charge in [0.25, 0.3) is 0 Å². The van der Waals surface area contributed by atoms with Gasteiger partial charge < -0.3 is 4.90 Å². The largest absolute Gasteiger partial charge is 0.417 e. The number of benzene rings is 2. The lowest BCUT2D eigenvalue weighted by molar-refractivity contribution is -0.137. The summed E-state index contributed by atoms with van der Waals surface area (Å²) in [6.07, 6.45) is -2.33. The fourth-order valence-electron chi connectivity index (χ4n) is 4.27. The average Bonchev–Trinajstić information content (AvgIpc) is 3.02. The predicted molar refractivity (Wildman–Crippen MR) is 128 cm³/mol. The van der Waals surface area contributed by atoms with Gasteiger partial charge in [-0.3, -0.25) is 14.7 Å². The van der Waals surface area contributed by atoms with E-state index in [0.29, 0.717) is 16.6 Å². The van der Waals surface area contributed by atoms with Crippen LogP contribution < -0.4 is 9.80 Å².